The Kier molecular flexibility index (Phi) is 4.79. The number of benzene rings is 2. The van der Waals surface area contributed by atoms with E-state index in [0.717, 1.165) is 5.56 Å². The van der Waals surface area contributed by atoms with Crippen molar-refractivity contribution in [3.05, 3.63) is 60.2 Å². The molecule has 1 aliphatic rings. The molecule has 1 unspecified atom stereocenters. The van der Waals surface area contributed by atoms with E-state index in [0.29, 0.717) is 24.5 Å². The van der Waals surface area contributed by atoms with E-state index >= 15 is 0 Å². The van der Waals surface area contributed by atoms with Crippen LogP contribution in [0.15, 0.2) is 54.6 Å². The van der Waals surface area contributed by atoms with Crippen LogP contribution in [-0.2, 0) is 16.1 Å². The van der Waals surface area contributed by atoms with Crippen LogP contribution < -0.4 is 10.1 Å². The summed E-state index contributed by atoms with van der Waals surface area (Å²) < 4.78 is 5.15. The van der Waals surface area contributed by atoms with Gasteiger partial charge in [-0.15, -0.1) is 0 Å². The molecule has 2 aromatic rings. The summed E-state index contributed by atoms with van der Waals surface area (Å²) in [6.07, 6.45) is 0.253. The molecular formula is C19H20N2O3. The number of ether oxygens (including phenoxy) is 1. The van der Waals surface area contributed by atoms with Crippen molar-refractivity contribution in [2.75, 3.05) is 19.0 Å². The average Bonchev–Trinajstić information content (AvgIpc) is 2.97. The zero-order chi connectivity index (χ0) is 16.9. The lowest BCUT2D eigenvalue weighted by molar-refractivity contribution is -0.128. The van der Waals surface area contributed by atoms with Gasteiger partial charge in [-0.25, -0.2) is 0 Å². The lowest BCUT2D eigenvalue weighted by Crippen LogP contribution is -2.28. The molecule has 124 valence electrons. The molecule has 1 atom stereocenters. The highest BCUT2D eigenvalue weighted by molar-refractivity contribution is 5.97. The lowest BCUT2D eigenvalue weighted by atomic mass is 10.1. The van der Waals surface area contributed by atoms with Crippen LogP contribution >= 0.6 is 0 Å². The molecule has 2 aromatic carbocycles. The molecule has 0 saturated carbocycles. The van der Waals surface area contributed by atoms with Gasteiger partial charge in [-0.1, -0.05) is 36.4 Å². The van der Waals surface area contributed by atoms with Gasteiger partial charge in [-0.3, -0.25) is 9.59 Å². The number of amides is 2. The molecule has 1 heterocycles. The summed E-state index contributed by atoms with van der Waals surface area (Å²) in [5.74, 6) is 0.241. The number of carbonyl (C=O) groups is 2. The van der Waals surface area contributed by atoms with Crippen LogP contribution in [0.4, 0.5) is 5.69 Å². The van der Waals surface area contributed by atoms with Crippen molar-refractivity contribution in [1.29, 1.82) is 0 Å². The van der Waals surface area contributed by atoms with Crippen molar-refractivity contribution in [2.24, 2.45) is 5.92 Å². The molecule has 0 aliphatic carbocycles. The van der Waals surface area contributed by atoms with Gasteiger partial charge in [0.15, 0.2) is 0 Å². The quantitative estimate of drug-likeness (QED) is 0.920. The van der Waals surface area contributed by atoms with Gasteiger partial charge in [0, 0.05) is 31.3 Å². The standard InChI is InChI=1S/C19H20N2O3/c1-24-17-9-5-8-16(11-17)20-19(23)15-10-18(22)21(13-15)12-14-6-3-2-4-7-14/h2-9,11,15H,10,12-13H2,1H3,(H,20,23). The maximum Gasteiger partial charge on any atom is 0.229 e. The first-order chi connectivity index (χ1) is 11.7. The average molecular weight is 324 g/mol. The number of nitrogens with one attached hydrogen (secondary N) is 1. The Morgan fingerprint density at radius 2 is 2.00 bits per heavy atom. The SMILES string of the molecule is COc1cccc(NC(=O)C2CC(=O)N(Cc3ccccc3)C2)c1. The predicted octanol–water partition coefficient (Wildman–Crippen LogP) is 2.68. The number of nitrogens with zero attached hydrogens (tertiary/aromatic N) is 1. The van der Waals surface area contributed by atoms with Gasteiger partial charge >= 0.3 is 0 Å². The van der Waals surface area contributed by atoms with E-state index in [-0.39, 0.29) is 24.2 Å². The van der Waals surface area contributed by atoms with Crippen LogP contribution in [0.2, 0.25) is 0 Å². The first kappa shape index (κ1) is 16.1. The minimum atomic E-state index is -0.326. The zero-order valence-electron chi connectivity index (χ0n) is 13.6. The fourth-order valence-electron chi connectivity index (χ4n) is 2.85. The summed E-state index contributed by atoms with van der Waals surface area (Å²) in [6, 6.07) is 17.0. The van der Waals surface area contributed by atoms with E-state index in [9.17, 15) is 9.59 Å². The third kappa shape index (κ3) is 3.74. The van der Waals surface area contributed by atoms with Crippen molar-refractivity contribution >= 4 is 17.5 Å². The second-order valence-electron chi connectivity index (χ2n) is 5.88. The molecule has 1 fully saturated rings. The summed E-state index contributed by atoms with van der Waals surface area (Å²) in [5, 5.41) is 2.87. The topological polar surface area (TPSA) is 58.6 Å². The highest BCUT2D eigenvalue weighted by atomic mass is 16.5. The zero-order valence-corrected chi connectivity index (χ0v) is 13.6. The summed E-state index contributed by atoms with van der Waals surface area (Å²) in [6.45, 7) is 0.992. The molecule has 2 amide bonds. The van der Waals surface area contributed by atoms with Gasteiger partial charge in [0.1, 0.15) is 5.75 Å². The molecule has 0 spiro atoms. The lowest BCUT2D eigenvalue weighted by Gasteiger charge is -2.16. The van der Waals surface area contributed by atoms with Crippen LogP contribution in [0.1, 0.15) is 12.0 Å². The fraction of sp³-hybridized carbons (Fsp3) is 0.263. The van der Waals surface area contributed by atoms with Gasteiger partial charge < -0.3 is 15.0 Å². The fourth-order valence-corrected chi connectivity index (χ4v) is 2.85. The molecular weight excluding hydrogens is 304 g/mol. The van der Waals surface area contributed by atoms with E-state index < -0.39 is 0 Å². The molecule has 5 heteroatoms. The monoisotopic (exact) mass is 324 g/mol. The van der Waals surface area contributed by atoms with Gasteiger partial charge in [0.2, 0.25) is 11.8 Å². The maximum absolute atomic E-state index is 12.4. The van der Waals surface area contributed by atoms with E-state index in [2.05, 4.69) is 5.32 Å². The number of likely N-dealkylation sites (tertiary alicyclic amines) is 1. The van der Waals surface area contributed by atoms with E-state index in [1.165, 1.54) is 0 Å². The molecule has 1 saturated heterocycles. The highest BCUT2D eigenvalue weighted by Crippen LogP contribution is 2.23. The third-order valence-corrected chi connectivity index (χ3v) is 4.14. The van der Waals surface area contributed by atoms with Crippen molar-refractivity contribution in [3.8, 4) is 5.75 Å². The summed E-state index contributed by atoms with van der Waals surface area (Å²) >= 11 is 0. The number of carbonyl (C=O) groups excluding carboxylic acids is 2. The van der Waals surface area contributed by atoms with Gasteiger partial charge in [0.25, 0.3) is 0 Å². The normalized spacial score (nSPS) is 17.0. The second kappa shape index (κ2) is 7.17. The Morgan fingerprint density at radius 3 is 2.75 bits per heavy atom. The van der Waals surface area contributed by atoms with Gasteiger partial charge in [-0.2, -0.15) is 0 Å². The maximum atomic E-state index is 12.4. The molecule has 5 nitrogen and oxygen atoms in total. The summed E-state index contributed by atoms with van der Waals surface area (Å²) in [4.78, 5) is 26.3. The highest BCUT2D eigenvalue weighted by Gasteiger charge is 2.34. The van der Waals surface area contributed by atoms with Crippen LogP contribution in [0.25, 0.3) is 0 Å². The second-order valence-corrected chi connectivity index (χ2v) is 5.88. The molecule has 3 rings (SSSR count). The first-order valence-corrected chi connectivity index (χ1v) is 7.92. The Bertz CT molecular complexity index is 730. The number of anilines is 1. The summed E-state index contributed by atoms with van der Waals surface area (Å²) in [5.41, 5.74) is 1.74. The molecule has 0 radical (unpaired) electrons. The van der Waals surface area contributed by atoms with Crippen LogP contribution in [0, 0.1) is 5.92 Å². The predicted molar refractivity (Wildman–Crippen MR) is 91.6 cm³/mol. The minimum absolute atomic E-state index is 0.0182. The number of hydrogen-bond acceptors (Lipinski definition) is 3. The molecule has 1 aliphatic heterocycles. The van der Waals surface area contributed by atoms with Crippen molar-refractivity contribution < 1.29 is 14.3 Å². The largest absolute Gasteiger partial charge is 0.497 e. The summed E-state index contributed by atoms with van der Waals surface area (Å²) in [7, 11) is 1.58. The van der Waals surface area contributed by atoms with Crippen molar-refractivity contribution in [2.45, 2.75) is 13.0 Å². The number of methoxy groups -OCH3 is 1. The van der Waals surface area contributed by atoms with E-state index in [1.807, 2.05) is 42.5 Å². The molecule has 1 N–H and O–H groups in total. The molecule has 24 heavy (non-hydrogen) atoms. The minimum Gasteiger partial charge on any atom is -0.497 e. The number of rotatable bonds is 5. The van der Waals surface area contributed by atoms with Crippen LogP contribution in [0.3, 0.4) is 0 Å². The van der Waals surface area contributed by atoms with Crippen LogP contribution in [0.5, 0.6) is 5.75 Å². The van der Waals surface area contributed by atoms with E-state index in [4.69, 9.17) is 4.74 Å². The molecule has 0 bridgehead atoms. The Hall–Kier alpha value is -2.82. The Labute approximate surface area is 141 Å². The third-order valence-electron chi connectivity index (χ3n) is 4.14. The first-order valence-electron chi connectivity index (χ1n) is 7.92. The number of hydrogen-bond donors (Lipinski definition) is 1. The Morgan fingerprint density at radius 1 is 1.21 bits per heavy atom. The van der Waals surface area contributed by atoms with Crippen LogP contribution in [-0.4, -0.2) is 30.4 Å². The van der Waals surface area contributed by atoms with Gasteiger partial charge in [0.05, 0.1) is 13.0 Å². The van der Waals surface area contributed by atoms with Crippen molar-refractivity contribution in [1.82, 2.24) is 4.90 Å². The van der Waals surface area contributed by atoms with E-state index in [1.54, 1.807) is 24.1 Å². The molecule has 0 aromatic heterocycles. The van der Waals surface area contributed by atoms with Gasteiger partial charge in [-0.05, 0) is 17.7 Å². The van der Waals surface area contributed by atoms with Crippen molar-refractivity contribution in [3.63, 3.8) is 0 Å². The smallest absolute Gasteiger partial charge is 0.229 e. The Balaban J connectivity index is 1.61.